The molecule has 1 rings (SSSR count). The Hall–Kier alpha value is -1.69. The fourth-order valence-corrected chi connectivity index (χ4v) is 1.03. The van der Waals surface area contributed by atoms with Gasteiger partial charge in [-0.25, -0.2) is 0 Å². The van der Waals surface area contributed by atoms with Crippen LogP contribution in [0, 0.1) is 11.3 Å². The predicted molar refractivity (Wildman–Crippen MR) is 49.0 cm³/mol. The number of hydrogen-bond acceptors (Lipinski definition) is 2. The largest absolute Gasteiger partial charge is 0.192 e. The molecule has 64 valence electrons. The smallest absolute Gasteiger partial charge is 0.101 e. The van der Waals surface area contributed by atoms with E-state index in [1.54, 1.807) is 18.2 Å². The number of rotatable bonds is 2. The molecule has 0 bridgehead atoms. The summed E-state index contributed by atoms with van der Waals surface area (Å²) in [6.45, 7) is 0.238. The molecule has 0 fully saturated rings. The van der Waals surface area contributed by atoms with Crippen LogP contribution in [0.2, 0.25) is 5.02 Å². The first-order valence-corrected chi connectivity index (χ1v) is 3.85. The highest BCUT2D eigenvalue weighted by atomic mass is 35.5. The summed E-state index contributed by atoms with van der Waals surface area (Å²) in [4.78, 5) is 2.62. The van der Waals surface area contributed by atoms with Crippen LogP contribution in [-0.4, -0.2) is 0 Å². The van der Waals surface area contributed by atoms with Crippen molar-refractivity contribution >= 4 is 11.6 Å². The van der Waals surface area contributed by atoms with Gasteiger partial charge in [0.1, 0.15) is 6.07 Å². The summed E-state index contributed by atoms with van der Waals surface area (Å²) in [7, 11) is 0. The molecule has 0 spiro atoms. The van der Waals surface area contributed by atoms with E-state index >= 15 is 0 Å². The van der Waals surface area contributed by atoms with Gasteiger partial charge in [-0.3, -0.25) is 0 Å². The molecule has 0 aromatic heterocycles. The van der Waals surface area contributed by atoms with Gasteiger partial charge in [-0.2, -0.15) is 5.26 Å². The lowest BCUT2D eigenvalue weighted by Crippen LogP contribution is -1.83. The highest BCUT2D eigenvalue weighted by molar-refractivity contribution is 6.31. The molecule has 0 radical (unpaired) electrons. The zero-order chi connectivity index (χ0) is 9.68. The third kappa shape index (κ3) is 2.38. The van der Waals surface area contributed by atoms with E-state index < -0.39 is 0 Å². The van der Waals surface area contributed by atoms with Crippen molar-refractivity contribution < 1.29 is 0 Å². The van der Waals surface area contributed by atoms with Crippen molar-refractivity contribution in [3.63, 3.8) is 0 Å². The Morgan fingerprint density at radius 2 is 2.38 bits per heavy atom. The Kier molecular flexibility index (Phi) is 3.15. The van der Waals surface area contributed by atoms with Gasteiger partial charge in [0.2, 0.25) is 0 Å². The van der Waals surface area contributed by atoms with Crippen LogP contribution in [0.15, 0.2) is 23.3 Å². The Balaban J connectivity index is 3.00. The lowest BCUT2D eigenvalue weighted by atomic mass is 10.1. The first-order chi connectivity index (χ1) is 6.27. The van der Waals surface area contributed by atoms with Crippen LogP contribution in [0.3, 0.4) is 0 Å². The lowest BCUT2D eigenvalue weighted by molar-refractivity contribution is 1.05. The van der Waals surface area contributed by atoms with Gasteiger partial charge in [0.25, 0.3) is 0 Å². The quantitative estimate of drug-likeness (QED) is 0.403. The van der Waals surface area contributed by atoms with E-state index in [4.69, 9.17) is 22.4 Å². The monoisotopic (exact) mass is 192 g/mol. The SMILES string of the molecule is N#Cc1cc(CN=[N+]=[N-])ccc1Cl. The van der Waals surface area contributed by atoms with Crippen molar-refractivity contribution in [2.24, 2.45) is 5.11 Å². The summed E-state index contributed by atoms with van der Waals surface area (Å²) in [6, 6.07) is 6.89. The molecule has 13 heavy (non-hydrogen) atoms. The Morgan fingerprint density at radius 3 is 3.00 bits per heavy atom. The molecule has 0 heterocycles. The maximum absolute atomic E-state index is 8.63. The van der Waals surface area contributed by atoms with Crippen LogP contribution in [0.4, 0.5) is 0 Å². The van der Waals surface area contributed by atoms with Crippen molar-refractivity contribution in [1.29, 1.82) is 5.26 Å². The molecule has 0 aliphatic rings. The van der Waals surface area contributed by atoms with Crippen LogP contribution in [0.1, 0.15) is 11.1 Å². The van der Waals surface area contributed by atoms with Crippen molar-refractivity contribution in [2.75, 3.05) is 0 Å². The van der Waals surface area contributed by atoms with Gasteiger partial charge >= 0.3 is 0 Å². The number of nitrogens with zero attached hydrogens (tertiary/aromatic N) is 4. The molecular formula is C8H5ClN4. The van der Waals surface area contributed by atoms with E-state index in [1.807, 2.05) is 6.07 Å². The van der Waals surface area contributed by atoms with Crippen molar-refractivity contribution in [2.45, 2.75) is 6.54 Å². The standard InChI is InChI=1S/C8H5ClN4/c9-8-2-1-6(5-12-13-11)3-7(8)4-10/h1-3H,5H2. The van der Waals surface area contributed by atoms with Gasteiger partial charge in [0.15, 0.2) is 0 Å². The first-order valence-electron chi connectivity index (χ1n) is 3.47. The molecule has 0 N–H and O–H groups in total. The summed E-state index contributed by atoms with van der Waals surface area (Å²) in [5.41, 5.74) is 9.25. The van der Waals surface area contributed by atoms with Gasteiger partial charge < -0.3 is 0 Å². The second-order valence-corrected chi connectivity index (χ2v) is 2.72. The number of azide groups is 1. The third-order valence-electron chi connectivity index (χ3n) is 1.47. The molecule has 0 amide bonds. The summed E-state index contributed by atoms with van der Waals surface area (Å²) in [5.74, 6) is 0. The van der Waals surface area contributed by atoms with Crippen LogP contribution in [-0.2, 0) is 6.54 Å². The number of halogens is 1. The number of hydrogen-bond donors (Lipinski definition) is 0. The van der Waals surface area contributed by atoms with Gasteiger partial charge in [-0.1, -0.05) is 22.8 Å². The fraction of sp³-hybridized carbons (Fsp3) is 0.125. The number of benzene rings is 1. The van der Waals surface area contributed by atoms with E-state index in [1.165, 1.54) is 0 Å². The summed E-state index contributed by atoms with van der Waals surface area (Å²) >= 11 is 5.70. The molecule has 0 aliphatic heterocycles. The van der Waals surface area contributed by atoms with E-state index in [9.17, 15) is 0 Å². The van der Waals surface area contributed by atoms with E-state index in [0.29, 0.717) is 10.6 Å². The van der Waals surface area contributed by atoms with Gasteiger partial charge in [-0.15, -0.1) is 0 Å². The van der Waals surface area contributed by atoms with Gasteiger partial charge in [-0.05, 0) is 23.2 Å². The Morgan fingerprint density at radius 1 is 1.62 bits per heavy atom. The molecule has 5 heteroatoms. The molecule has 1 aromatic carbocycles. The normalized spacial score (nSPS) is 8.62. The van der Waals surface area contributed by atoms with Crippen LogP contribution < -0.4 is 0 Å². The molecule has 0 saturated carbocycles. The Bertz CT molecular complexity index is 401. The molecule has 4 nitrogen and oxygen atoms in total. The van der Waals surface area contributed by atoms with Gasteiger partial charge in [0.05, 0.1) is 17.1 Å². The topological polar surface area (TPSA) is 72.5 Å². The first kappa shape index (κ1) is 9.40. The summed E-state index contributed by atoms with van der Waals surface area (Å²) in [6.07, 6.45) is 0. The molecule has 0 atom stereocenters. The molecule has 0 unspecified atom stereocenters. The van der Waals surface area contributed by atoms with E-state index in [0.717, 1.165) is 5.56 Å². The minimum Gasteiger partial charge on any atom is -0.192 e. The maximum Gasteiger partial charge on any atom is 0.101 e. The lowest BCUT2D eigenvalue weighted by Gasteiger charge is -1.97. The predicted octanol–water partition coefficient (Wildman–Crippen LogP) is 3.02. The van der Waals surface area contributed by atoms with Crippen LogP contribution in [0.5, 0.6) is 0 Å². The fourth-order valence-electron chi connectivity index (χ4n) is 0.870. The summed E-state index contributed by atoms with van der Waals surface area (Å²) in [5, 5.41) is 12.4. The summed E-state index contributed by atoms with van der Waals surface area (Å²) < 4.78 is 0. The molecular weight excluding hydrogens is 188 g/mol. The van der Waals surface area contributed by atoms with Crippen molar-refractivity contribution in [1.82, 2.24) is 0 Å². The van der Waals surface area contributed by atoms with Crippen LogP contribution in [0.25, 0.3) is 10.4 Å². The van der Waals surface area contributed by atoms with E-state index in [-0.39, 0.29) is 6.54 Å². The minimum absolute atomic E-state index is 0.238. The molecule has 0 aliphatic carbocycles. The van der Waals surface area contributed by atoms with Crippen LogP contribution >= 0.6 is 11.6 Å². The highest BCUT2D eigenvalue weighted by Crippen LogP contribution is 2.16. The average molecular weight is 193 g/mol. The third-order valence-corrected chi connectivity index (χ3v) is 1.80. The minimum atomic E-state index is 0.238. The van der Waals surface area contributed by atoms with Crippen molar-refractivity contribution in [3.8, 4) is 6.07 Å². The maximum atomic E-state index is 8.63. The second-order valence-electron chi connectivity index (χ2n) is 2.31. The Labute approximate surface area is 80.0 Å². The number of nitriles is 1. The highest BCUT2D eigenvalue weighted by Gasteiger charge is 1.99. The molecule has 1 aromatic rings. The van der Waals surface area contributed by atoms with Gasteiger partial charge in [0, 0.05) is 4.91 Å². The van der Waals surface area contributed by atoms with E-state index in [2.05, 4.69) is 10.0 Å². The average Bonchev–Trinajstić information content (AvgIpc) is 2.16. The molecule has 0 saturated heterocycles. The second kappa shape index (κ2) is 4.36. The zero-order valence-electron chi connectivity index (χ0n) is 6.61. The zero-order valence-corrected chi connectivity index (χ0v) is 7.36. The van der Waals surface area contributed by atoms with Crippen molar-refractivity contribution in [3.05, 3.63) is 44.8 Å².